The molecule has 2 aromatic carbocycles. The molecule has 4 rings (SSSR count). The minimum absolute atomic E-state index is 0.00487. The van der Waals surface area contributed by atoms with Crippen LogP contribution in [-0.4, -0.2) is 15.3 Å². The van der Waals surface area contributed by atoms with Crippen LogP contribution >= 0.6 is 11.3 Å². The Labute approximate surface area is 168 Å². The van der Waals surface area contributed by atoms with E-state index in [4.69, 9.17) is 4.98 Å². The van der Waals surface area contributed by atoms with E-state index in [2.05, 4.69) is 37.4 Å². The number of hydrogen-bond acceptors (Lipinski definition) is 3. The van der Waals surface area contributed by atoms with Gasteiger partial charge in [0.2, 0.25) is 5.91 Å². The lowest BCUT2D eigenvalue weighted by molar-refractivity contribution is -0.115. The fraction of sp³-hybridized carbons (Fsp3) is 0.217. The molecule has 2 heterocycles. The number of para-hydroxylation sites is 1. The lowest BCUT2D eigenvalue weighted by atomic mass is 10.0. The van der Waals surface area contributed by atoms with Crippen LogP contribution in [-0.2, 0) is 24.1 Å². The maximum atomic E-state index is 12.8. The molecule has 1 N–H and O–H groups in total. The smallest absolute Gasteiger partial charge is 0.230 e. The van der Waals surface area contributed by atoms with Gasteiger partial charge in [-0.1, -0.05) is 62.4 Å². The van der Waals surface area contributed by atoms with Crippen LogP contribution in [0.3, 0.4) is 0 Å². The number of nitrogens with zero attached hydrogens (tertiary/aromatic N) is 2. The summed E-state index contributed by atoms with van der Waals surface area (Å²) in [6, 6.07) is 16.3. The highest BCUT2D eigenvalue weighted by molar-refractivity contribution is 7.15. The molecule has 0 saturated heterocycles. The molecule has 0 saturated carbocycles. The zero-order valence-corrected chi connectivity index (χ0v) is 16.9. The number of aryl methyl sites for hydroxylation is 2. The quantitative estimate of drug-likeness (QED) is 0.482. The average molecular weight is 390 g/mol. The van der Waals surface area contributed by atoms with Crippen LogP contribution in [0.5, 0.6) is 0 Å². The second-order valence-corrected chi connectivity index (χ2v) is 7.59. The number of thiazole rings is 1. The van der Waals surface area contributed by atoms with E-state index in [9.17, 15) is 4.79 Å². The molecule has 0 radical (unpaired) electrons. The zero-order valence-electron chi connectivity index (χ0n) is 16.1. The number of carbonyl (C=O) groups is 1. The van der Waals surface area contributed by atoms with Gasteiger partial charge in [0.15, 0.2) is 4.96 Å². The summed E-state index contributed by atoms with van der Waals surface area (Å²) in [5.41, 5.74) is 6.30. The molecule has 1 amide bonds. The van der Waals surface area contributed by atoms with Gasteiger partial charge in [0.25, 0.3) is 0 Å². The molecule has 0 aliphatic rings. The lowest BCUT2D eigenvalue weighted by Gasteiger charge is -2.14. The molecule has 28 heavy (non-hydrogen) atoms. The highest BCUT2D eigenvalue weighted by Crippen LogP contribution is 2.25. The monoisotopic (exact) mass is 389 g/mol. The summed E-state index contributed by atoms with van der Waals surface area (Å²) in [4.78, 5) is 18.4. The Bertz CT molecular complexity index is 1090. The molecule has 142 valence electrons. The molecule has 0 aliphatic heterocycles. The largest absolute Gasteiger partial charge is 0.325 e. The third-order valence-corrected chi connectivity index (χ3v) is 5.85. The standard InChI is InChI=1S/C23H23N3OS/c1-3-16-11-8-12-17(4-2)22(16)25-21(27)13-19-15-28-23-24-20(14-26(19)23)18-9-6-5-7-10-18/h5-12,14-15H,3-4,13H2,1-2H3,(H,25,27). The van der Waals surface area contributed by atoms with Crippen molar-refractivity contribution in [2.45, 2.75) is 33.1 Å². The molecule has 0 fully saturated rings. The van der Waals surface area contributed by atoms with E-state index >= 15 is 0 Å². The third-order valence-electron chi connectivity index (χ3n) is 4.96. The summed E-state index contributed by atoms with van der Waals surface area (Å²) in [5, 5.41) is 5.17. The highest BCUT2D eigenvalue weighted by Gasteiger charge is 2.15. The first-order valence-corrected chi connectivity index (χ1v) is 10.5. The molecule has 0 unspecified atom stereocenters. The van der Waals surface area contributed by atoms with Crippen LogP contribution < -0.4 is 5.32 Å². The first-order chi connectivity index (χ1) is 13.7. The number of amides is 1. The van der Waals surface area contributed by atoms with Crippen LogP contribution in [0.4, 0.5) is 5.69 Å². The van der Waals surface area contributed by atoms with Crippen molar-refractivity contribution in [1.82, 2.24) is 9.38 Å². The second kappa shape index (κ2) is 7.98. The lowest BCUT2D eigenvalue weighted by Crippen LogP contribution is -2.17. The fourth-order valence-corrected chi connectivity index (χ4v) is 4.33. The SMILES string of the molecule is CCc1cccc(CC)c1NC(=O)Cc1csc2nc(-c3ccccc3)cn12. The maximum Gasteiger partial charge on any atom is 0.230 e. The molecule has 2 aromatic heterocycles. The van der Waals surface area contributed by atoms with Crippen molar-refractivity contribution >= 4 is 27.9 Å². The van der Waals surface area contributed by atoms with Crippen molar-refractivity contribution in [1.29, 1.82) is 0 Å². The molecule has 4 nitrogen and oxygen atoms in total. The second-order valence-electron chi connectivity index (χ2n) is 6.76. The number of imidazole rings is 1. The minimum Gasteiger partial charge on any atom is -0.325 e. The molecule has 0 aliphatic carbocycles. The number of benzene rings is 2. The van der Waals surface area contributed by atoms with Crippen molar-refractivity contribution in [3.8, 4) is 11.3 Å². The van der Waals surface area contributed by atoms with Gasteiger partial charge in [0.1, 0.15) is 0 Å². The van der Waals surface area contributed by atoms with Gasteiger partial charge in [0, 0.05) is 28.5 Å². The van der Waals surface area contributed by atoms with Crippen LogP contribution in [0.2, 0.25) is 0 Å². The predicted molar refractivity (Wildman–Crippen MR) is 116 cm³/mol. The number of hydrogen-bond donors (Lipinski definition) is 1. The van der Waals surface area contributed by atoms with Gasteiger partial charge < -0.3 is 5.32 Å². The van der Waals surface area contributed by atoms with Gasteiger partial charge in [-0.25, -0.2) is 4.98 Å². The zero-order chi connectivity index (χ0) is 19.5. The fourth-order valence-electron chi connectivity index (χ4n) is 3.46. The number of anilines is 1. The molecule has 0 atom stereocenters. The summed E-state index contributed by atoms with van der Waals surface area (Å²) >= 11 is 1.56. The first-order valence-electron chi connectivity index (χ1n) is 9.61. The van der Waals surface area contributed by atoms with Crippen molar-refractivity contribution in [3.63, 3.8) is 0 Å². The first kappa shape index (κ1) is 18.4. The van der Waals surface area contributed by atoms with Crippen molar-refractivity contribution in [2.75, 3.05) is 5.32 Å². The van der Waals surface area contributed by atoms with E-state index in [1.807, 2.05) is 46.3 Å². The Balaban J connectivity index is 1.57. The third kappa shape index (κ3) is 3.58. The van der Waals surface area contributed by atoms with Crippen LogP contribution in [0.15, 0.2) is 60.1 Å². The minimum atomic E-state index is 0.00487. The van der Waals surface area contributed by atoms with Crippen molar-refractivity contribution in [2.24, 2.45) is 0 Å². The normalized spacial score (nSPS) is 11.1. The summed E-state index contributed by atoms with van der Waals surface area (Å²) in [5.74, 6) is 0.00487. The Morgan fingerprint density at radius 2 is 1.75 bits per heavy atom. The Hall–Kier alpha value is -2.92. The van der Waals surface area contributed by atoms with Gasteiger partial charge in [-0.05, 0) is 24.0 Å². The van der Waals surface area contributed by atoms with E-state index in [-0.39, 0.29) is 5.91 Å². The molecule has 5 heteroatoms. The summed E-state index contributed by atoms with van der Waals surface area (Å²) < 4.78 is 2.03. The number of aromatic nitrogens is 2. The van der Waals surface area contributed by atoms with Crippen molar-refractivity contribution in [3.05, 3.63) is 76.9 Å². The predicted octanol–water partition coefficient (Wildman–Crippen LogP) is 5.37. The summed E-state index contributed by atoms with van der Waals surface area (Å²) in [6.07, 6.45) is 4.13. The molecule has 4 aromatic rings. The van der Waals surface area contributed by atoms with Gasteiger partial charge in [-0.15, -0.1) is 11.3 Å². The van der Waals surface area contributed by atoms with Crippen LogP contribution in [0.1, 0.15) is 30.7 Å². The molecular weight excluding hydrogens is 366 g/mol. The number of carbonyl (C=O) groups excluding carboxylic acids is 1. The number of rotatable bonds is 6. The van der Waals surface area contributed by atoms with Crippen LogP contribution in [0.25, 0.3) is 16.2 Å². The van der Waals surface area contributed by atoms with Crippen molar-refractivity contribution < 1.29 is 4.79 Å². The van der Waals surface area contributed by atoms with Gasteiger partial charge >= 0.3 is 0 Å². The molecule has 0 bridgehead atoms. The average Bonchev–Trinajstić information content (AvgIpc) is 3.31. The molecule has 0 spiro atoms. The Morgan fingerprint density at radius 3 is 2.43 bits per heavy atom. The molecular formula is C23H23N3OS. The van der Waals surface area contributed by atoms with Gasteiger partial charge in [-0.2, -0.15) is 0 Å². The number of nitrogens with one attached hydrogen (secondary N) is 1. The number of fused-ring (bicyclic) bond motifs is 1. The van der Waals surface area contributed by atoms with Gasteiger partial charge in [0.05, 0.1) is 12.1 Å². The summed E-state index contributed by atoms with van der Waals surface area (Å²) in [6.45, 7) is 4.23. The van der Waals surface area contributed by atoms with Crippen LogP contribution in [0, 0.1) is 0 Å². The van der Waals surface area contributed by atoms with E-state index in [1.165, 1.54) is 11.1 Å². The topological polar surface area (TPSA) is 46.4 Å². The Morgan fingerprint density at radius 1 is 1.04 bits per heavy atom. The van der Waals surface area contributed by atoms with E-state index < -0.39 is 0 Å². The Kier molecular flexibility index (Phi) is 5.26. The van der Waals surface area contributed by atoms with Gasteiger partial charge in [-0.3, -0.25) is 9.20 Å². The summed E-state index contributed by atoms with van der Waals surface area (Å²) in [7, 11) is 0. The van der Waals surface area contributed by atoms with E-state index in [0.717, 1.165) is 40.4 Å². The maximum absolute atomic E-state index is 12.8. The highest BCUT2D eigenvalue weighted by atomic mass is 32.1. The van der Waals surface area contributed by atoms with E-state index in [1.54, 1.807) is 11.3 Å². The van der Waals surface area contributed by atoms with E-state index in [0.29, 0.717) is 6.42 Å².